The van der Waals surface area contributed by atoms with Gasteiger partial charge in [0.25, 0.3) is 0 Å². The van der Waals surface area contributed by atoms with Crippen LogP contribution in [0.5, 0.6) is 0 Å². The van der Waals surface area contributed by atoms with Gasteiger partial charge in [-0.2, -0.15) is 0 Å². The molecule has 0 radical (unpaired) electrons. The number of fused-ring (bicyclic) bond motifs is 7. The monoisotopic (exact) mass is 772 g/mol. The van der Waals surface area contributed by atoms with Gasteiger partial charge in [-0.1, -0.05) is 20.8 Å². The molecule has 4 saturated heterocycles. The number of hydrogen-bond donors (Lipinski definition) is 9. The van der Waals surface area contributed by atoms with E-state index in [2.05, 4.69) is 20.8 Å². The Kier molecular flexibility index (Phi) is 10.6. The molecule has 0 bridgehead atoms. The molecule has 15 nitrogen and oxygen atoms in total. The first-order valence-corrected chi connectivity index (χ1v) is 20.5. The Morgan fingerprint density at radius 2 is 1.26 bits per heavy atom. The number of ether oxygens (including phenoxy) is 6. The SMILES string of the molecule is C[C@@H]1CC[C@@]2(OC1)O[C@H]1C[C@H]3[C@@H]4C[C@H](O[C@@H]5O[C@H](CO)[C@@H](O)[C@H](O)[C@H]5O)[C@H]5C[C@@H](O[C@@H]6O[C@H](CO)[C@@H](O)[C@H](O)[C@H]6O)CC[C@]5(C)[C@H]4CC[C@]3(C)[C@H]1[C@@]2(C)O. The summed E-state index contributed by atoms with van der Waals surface area (Å²) in [5.41, 5.74) is -1.70. The van der Waals surface area contributed by atoms with Crippen LogP contribution in [0.2, 0.25) is 0 Å². The molecule has 4 aliphatic carbocycles. The van der Waals surface area contributed by atoms with Crippen LogP contribution in [0.25, 0.3) is 0 Å². The fraction of sp³-hybridized carbons (Fsp3) is 1.00. The van der Waals surface area contributed by atoms with Crippen LogP contribution < -0.4 is 0 Å². The standard InChI is InChI=1S/C39H64O15/c1-17-5-10-39(49-16-17)38(4,48)33-24(54-39)13-21-19-12-23(51-35-32(47)30(45)28(43)26(15-41)53-35)22-11-18(6-8-36(22,2)20(19)7-9-37(21,33)3)50-34-31(46)29(44)27(42)25(14-40)52-34/h17-35,40-48H,5-16H2,1-4H3/t17-,18+,19-,20+,21+,22-,23+,24+,25-,26-,27-,28-,29+,30+,31-,32-,33+,34-,35-,36-,37+,38-,39-/m1/s1. The van der Waals surface area contributed by atoms with Gasteiger partial charge in [-0.3, -0.25) is 0 Å². The van der Waals surface area contributed by atoms with Crippen molar-refractivity contribution in [2.75, 3.05) is 19.8 Å². The third-order valence-corrected chi connectivity index (χ3v) is 16.2. The maximum absolute atomic E-state index is 12.4. The molecule has 4 aliphatic heterocycles. The van der Waals surface area contributed by atoms with Crippen LogP contribution in [0.3, 0.4) is 0 Å². The lowest BCUT2D eigenvalue weighted by atomic mass is 9.43. The molecule has 9 N–H and O–H groups in total. The van der Waals surface area contributed by atoms with Crippen LogP contribution >= 0.6 is 0 Å². The fourth-order valence-electron chi connectivity index (χ4n) is 13.3. The maximum Gasteiger partial charge on any atom is 0.197 e. The second-order valence-corrected chi connectivity index (χ2v) is 19.1. The van der Waals surface area contributed by atoms with Crippen LogP contribution in [0.15, 0.2) is 0 Å². The molecule has 8 fully saturated rings. The van der Waals surface area contributed by atoms with Gasteiger partial charge in [-0.15, -0.1) is 0 Å². The minimum absolute atomic E-state index is 0.123. The van der Waals surface area contributed by atoms with E-state index in [4.69, 9.17) is 28.4 Å². The zero-order chi connectivity index (χ0) is 38.7. The summed E-state index contributed by atoms with van der Waals surface area (Å²) in [4.78, 5) is 0. The van der Waals surface area contributed by atoms with Crippen molar-refractivity contribution in [3.05, 3.63) is 0 Å². The van der Waals surface area contributed by atoms with Crippen LogP contribution in [-0.4, -0.2) is 157 Å². The van der Waals surface area contributed by atoms with Gasteiger partial charge >= 0.3 is 0 Å². The summed E-state index contributed by atoms with van der Waals surface area (Å²) in [5.74, 6) is -0.244. The average molecular weight is 773 g/mol. The van der Waals surface area contributed by atoms with Crippen molar-refractivity contribution < 1.29 is 74.4 Å². The molecule has 54 heavy (non-hydrogen) atoms. The minimum atomic E-state index is -1.60. The molecule has 0 aromatic carbocycles. The lowest BCUT2D eigenvalue weighted by Crippen LogP contribution is -2.64. The third kappa shape index (κ3) is 6.01. The molecule has 0 aromatic rings. The Bertz CT molecular complexity index is 1340. The quantitative estimate of drug-likeness (QED) is 0.155. The molecule has 0 aromatic heterocycles. The normalized spacial score (nSPS) is 60.1. The summed E-state index contributed by atoms with van der Waals surface area (Å²) in [5, 5.41) is 96.0. The smallest absolute Gasteiger partial charge is 0.197 e. The summed E-state index contributed by atoms with van der Waals surface area (Å²) in [6.45, 7) is 8.08. The molecule has 15 heteroatoms. The first kappa shape index (κ1) is 40.2. The molecular formula is C39H64O15. The van der Waals surface area contributed by atoms with Gasteiger partial charge in [0.15, 0.2) is 18.4 Å². The number of hydrogen-bond acceptors (Lipinski definition) is 15. The van der Waals surface area contributed by atoms with E-state index in [1.54, 1.807) is 0 Å². The van der Waals surface area contributed by atoms with Gasteiger partial charge < -0.3 is 74.4 Å². The van der Waals surface area contributed by atoms with Crippen LogP contribution in [0.4, 0.5) is 0 Å². The van der Waals surface area contributed by atoms with Crippen molar-refractivity contribution in [3.63, 3.8) is 0 Å². The second kappa shape index (κ2) is 14.3. The molecular weight excluding hydrogens is 708 g/mol. The van der Waals surface area contributed by atoms with E-state index >= 15 is 0 Å². The fourth-order valence-corrected chi connectivity index (χ4v) is 13.3. The van der Waals surface area contributed by atoms with Crippen molar-refractivity contribution in [1.29, 1.82) is 0 Å². The highest BCUT2D eigenvalue weighted by molar-refractivity contribution is 5.21. The van der Waals surface area contributed by atoms with Gasteiger partial charge in [-0.25, -0.2) is 0 Å². The first-order chi connectivity index (χ1) is 25.5. The van der Waals surface area contributed by atoms with Crippen LogP contribution in [0.1, 0.15) is 85.5 Å². The zero-order valence-corrected chi connectivity index (χ0v) is 31.9. The maximum atomic E-state index is 12.4. The van der Waals surface area contributed by atoms with Gasteiger partial charge in [0.05, 0.1) is 38.1 Å². The molecule has 310 valence electrons. The van der Waals surface area contributed by atoms with Gasteiger partial charge in [0.1, 0.15) is 54.4 Å². The summed E-state index contributed by atoms with van der Waals surface area (Å²) < 4.78 is 37.9. The van der Waals surface area contributed by atoms with Crippen LogP contribution in [-0.2, 0) is 28.4 Å². The Balaban J connectivity index is 1.08. The molecule has 8 aliphatic rings. The van der Waals surface area contributed by atoms with Crippen molar-refractivity contribution in [2.45, 2.75) is 177 Å². The van der Waals surface area contributed by atoms with Crippen molar-refractivity contribution in [1.82, 2.24) is 0 Å². The lowest BCUT2D eigenvalue weighted by molar-refractivity contribution is -0.336. The Labute approximate surface area is 316 Å². The second-order valence-electron chi connectivity index (χ2n) is 19.1. The molecule has 0 amide bonds. The van der Waals surface area contributed by atoms with E-state index in [-0.39, 0.29) is 46.5 Å². The Morgan fingerprint density at radius 3 is 1.85 bits per heavy atom. The van der Waals surface area contributed by atoms with Gasteiger partial charge in [0, 0.05) is 12.3 Å². The largest absolute Gasteiger partial charge is 0.394 e. The van der Waals surface area contributed by atoms with E-state index in [1.807, 2.05) is 6.92 Å². The highest BCUT2D eigenvalue weighted by atomic mass is 16.7. The molecule has 23 atom stereocenters. The molecule has 1 spiro atoms. The number of aliphatic hydroxyl groups is 9. The highest BCUT2D eigenvalue weighted by Crippen LogP contribution is 2.72. The van der Waals surface area contributed by atoms with Crippen LogP contribution in [0, 0.1) is 46.3 Å². The molecule has 4 heterocycles. The summed E-state index contributed by atoms with van der Waals surface area (Å²) >= 11 is 0. The predicted molar refractivity (Wildman–Crippen MR) is 186 cm³/mol. The minimum Gasteiger partial charge on any atom is -0.394 e. The topological polar surface area (TPSA) is 237 Å². The third-order valence-electron chi connectivity index (χ3n) is 16.2. The van der Waals surface area contributed by atoms with Crippen molar-refractivity contribution in [2.24, 2.45) is 46.3 Å². The average Bonchev–Trinajstić information content (AvgIpc) is 3.56. The lowest BCUT2D eigenvalue weighted by Gasteiger charge is -2.63. The van der Waals surface area contributed by atoms with Gasteiger partial charge in [-0.05, 0) is 98.7 Å². The highest BCUT2D eigenvalue weighted by Gasteiger charge is 2.75. The summed E-state index contributed by atoms with van der Waals surface area (Å²) in [6.07, 6.45) is -8.66. The first-order valence-electron chi connectivity index (χ1n) is 20.5. The summed E-state index contributed by atoms with van der Waals surface area (Å²) in [7, 11) is 0. The molecule has 0 unspecified atom stereocenters. The number of aliphatic hydroxyl groups excluding tert-OH is 8. The summed E-state index contributed by atoms with van der Waals surface area (Å²) in [6, 6.07) is 0. The molecule has 4 saturated carbocycles. The zero-order valence-electron chi connectivity index (χ0n) is 31.9. The molecule has 8 rings (SSSR count). The Morgan fingerprint density at radius 1 is 0.648 bits per heavy atom. The van der Waals surface area contributed by atoms with Crippen molar-refractivity contribution >= 4 is 0 Å². The van der Waals surface area contributed by atoms with Crippen molar-refractivity contribution in [3.8, 4) is 0 Å². The Hall–Kier alpha value is -0.600. The number of rotatable bonds is 6. The van der Waals surface area contributed by atoms with E-state index in [0.717, 1.165) is 32.1 Å². The van der Waals surface area contributed by atoms with E-state index < -0.39 is 98.2 Å². The van der Waals surface area contributed by atoms with E-state index in [0.29, 0.717) is 38.2 Å². The predicted octanol–water partition coefficient (Wildman–Crippen LogP) is -0.472. The van der Waals surface area contributed by atoms with Gasteiger partial charge in [0.2, 0.25) is 0 Å². The van der Waals surface area contributed by atoms with E-state index in [1.165, 1.54) is 0 Å². The van der Waals surface area contributed by atoms with E-state index in [9.17, 15) is 46.0 Å².